The lowest BCUT2D eigenvalue weighted by atomic mass is 9.67. The number of rotatable bonds is 3. The predicted molar refractivity (Wildman–Crippen MR) is 98.9 cm³/mol. The number of methoxy groups -OCH3 is 2. The van der Waals surface area contributed by atoms with Gasteiger partial charge in [0.25, 0.3) is 0 Å². The van der Waals surface area contributed by atoms with Crippen molar-refractivity contribution in [3.8, 4) is 34.5 Å². The molecule has 1 saturated heterocycles. The molecule has 0 bridgehead atoms. The molecule has 2 N–H and O–H groups in total. The fraction of sp³-hybridized carbons (Fsp3) is 0.381. The molecule has 1 unspecified atom stereocenters. The Morgan fingerprint density at radius 1 is 1.00 bits per heavy atom. The Kier molecular flexibility index (Phi) is 3.90. The number of cyclic esters (lactones) is 1. The van der Waals surface area contributed by atoms with Crippen LogP contribution in [0.4, 0.5) is 0 Å². The van der Waals surface area contributed by atoms with Crippen LogP contribution in [-0.2, 0) is 16.0 Å². The van der Waals surface area contributed by atoms with Crippen LogP contribution in [-0.4, -0.2) is 43.8 Å². The third kappa shape index (κ3) is 2.48. The molecule has 0 saturated carbocycles. The Bertz CT molecular complexity index is 989. The zero-order valence-electron chi connectivity index (χ0n) is 15.9. The lowest BCUT2D eigenvalue weighted by Gasteiger charge is -2.34. The highest BCUT2D eigenvalue weighted by Crippen LogP contribution is 2.55. The molecule has 1 aliphatic carbocycles. The van der Waals surface area contributed by atoms with Crippen molar-refractivity contribution in [2.45, 2.75) is 12.3 Å². The summed E-state index contributed by atoms with van der Waals surface area (Å²) in [7, 11) is 2.90. The first-order chi connectivity index (χ1) is 14.0. The topological polar surface area (TPSA) is 104 Å². The number of aromatic hydroxyl groups is 2. The minimum absolute atomic E-state index is 0.0339. The van der Waals surface area contributed by atoms with Crippen LogP contribution in [0.25, 0.3) is 0 Å². The van der Waals surface area contributed by atoms with E-state index in [0.717, 1.165) is 5.56 Å². The number of carbonyl (C=O) groups excluding carboxylic acids is 1. The summed E-state index contributed by atoms with van der Waals surface area (Å²) in [5.74, 6) is -0.0708. The molecule has 0 radical (unpaired) electrons. The van der Waals surface area contributed by atoms with Crippen molar-refractivity contribution in [1.29, 1.82) is 0 Å². The van der Waals surface area contributed by atoms with Crippen LogP contribution in [0.1, 0.15) is 22.6 Å². The quantitative estimate of drug-likeness (QED) is 0.757. The average Bonchev–Trinajstić information content (AvgIpc) is 3.34. The van der Waals surface area contributed by atoms with Crippen LogP contribution in [0, 0.1) is 11.8 Å². The maximum Gasteiger partial charge on any atom is 0.310 e. The van der Waals surface area contributed by atoms with E-state index in [9.17, 15) is 15.0 Å². The summed E-state index contributed by atoms with van der Waals surface area (Å²) >= 11 is 0. The van der Waals surface area contributed by atoms with Gasteiger partial charge in [0.15, 0.2) is 23.0 Å². The molecule has 8 nitrogen and oxygen atoms in total. The first-order valence-corrected chi connectivity index (χ1v) is 9.29. The van der Waals surface area contributed by atoms with Gasteiger partial charge in [-0.3, -0.25) is 4.79 Å². The van der Waals surface area contributed by atoms with Crippen LogP contribution in [0.2, 0.25) is 0 Å². The number of phenolic OH excluding ortho intramolecular Hbond substituents is 2. The second kappa shape index (κ2) is 6.37. The molecule has 29 heavy (non-hydrogen) atoms. The molecule has 8 heteroatoms. The van der Waals surface area contributed by atoms with Gasteiger partial charge in [-0.05, 0) is 35.7 Å². The zero-order valence-corrected chi connectivity index (χ0v) is 15.9. The van der Waals surface area contributed by atoms with Gasteiger partial charge in [0.05, 0.1) is 26.7 Å². The minimum Gasteiger partial charge on any atom is -0.504 e. The largest absolute Gasteiger partial charge is 0.504 e. The number of hydrogen-bond donors (Lipinski definition) is 2. The zero-order chi connectivity index (χ0) is 20.3. The number of benzene rings is 2. The fourth-order valence-corrected chi connectivity index (χ4v) is 4.69. The number of phenols is 2. The van der Waals surface area contributed by atoms with Crippen LogP contribution >= 0.6 is 0 Å². The van der Waals surface area contributed by atoms with Crippen LogP contribution in [0.15, 0.2) is 18.2 Å². The summed E-state index contributed by atoms with van der Waals surface area (Å²) < 4.78 is 26.9. The maximum absolute atomic E-state index is 12.6. The van der Waals surface area contributed by atoms with Crippen molar-refractivity contribution in [3.05, 3.63) is 34.9 Å². The van der Waals surface area contributed by atoms with Gasteiger partial charge in [-0.25, -0.2) is 0 Å². The standard InChI is InChI=1S/C21H20O8/c1-25-13-4-9(5-14(26-2)19(13)23)16-11-6-15-20(29-8-28-15)18(22)12(11)3-10-7-27-21(24)17(10)16/h4-6,10,16-17,22-23H,3,7-8H2,1-2H3/t10-,16?,17+/m0/s1. The van der Waals surface area contributed by atoms with Gasteiger partial charge >= 0.3 is 5.97 Å². The van der Waals surface area contributed by atoms with Gasteiger partial charge in [-0.15, -0.1) is 0 Å². The monoisotopic (exact) mass is 400 g/mol. The number of hydrogen-bond acceptors (Lipinski definition) is 8. The Hall–Kier alpha value is -3.29. The second-order valence-corrected chi connectivity index (χ2v) is 7.40. The van der Waals surface area contributed by atoms with E-state index in [0.29, 0.717) is 35.7 Å². The first-order valence-electron chi connectivity index (χ1n) is 9.29. The van der Waals surface area contributed by atoms with Gasteiger partial charge in [-0.1, -0.05) is 0 Å². The van der Waals surface area contributed by atoms with Crippen molar-refractivity contribution < 1.29 is 38.7 Å². The maximum atomic E-state index is 12.6. The Morgan fingerprint density at radius 2 is 1.72 bits per heavy atom. The van der Waals surface area contributed by atoms with E-state index in [4.69, 9.17) is 23.7 Å². The van der Waals surface area contributed by atoms with Crippen molar-refractivity contribution in [1.82, 2.24) is 0 Å². The van der Waals surface area contributed by atoms with Gasteiger partial charge in [-0.2, -0.15) is 0 Å². The molecule has 2 aromatic rings. The van der Waals surface area contributed by atoms with Crippen LogP contribution in [0.3, 0.4) is 0 Å². The van der Waals surface area contributed by atoms with Crippen molar-refractivity contribution >= 4 is 5.97 Å². The highest BCUT2D eigenvalue weighted by atomic mass is 16.7. The number of carbonyl (C=O) groups is 1. The third-order valence-corrected chi connectivity index (χ3v) is 6.02. The Balaban J connectivity index is 1.75. The summed E-state index contributed by atoms with van der Waals surface area (Å²) in [6.45, 7) is 0.325. The SMILES string of the molecule is COc1cc(C2c3cc4c(c(O)c3C[C@H]3COC(=O)[C@@H]23)OCO4)cc(OC)c1O. The van der Waals surface area contributed by atoms with Gasteiger partial charge in [0.1, 0.15) is 0 Å². The normalized spacial score (nSPS) is 23.9. The summed E-state index contributed by atoms with van der Waals surface area (Å²) in [6.07, 6.45) is 0.497. The highest BCUT2D eigenvalue weighted by Gasteiger charge is 2.49. The molecule has 2 heterocycles. The molecule has 0 aromatic heterocycles. The molecule has 2 aromatic carbocycles. The van der Waals surface area contributed by atoms with Crippen LogP contribution in [0.5, 0.6) is 34.5 Å². The van der Waals surface area contributed by atoms with E-state index in [1.807, 2.05) is 6.07 Å². The number of fused-ring (bicyclic) bond motifs is 3. The summed E-state index contributed by atoms with van der Waals surface area (Å²) in [5, 5.41) is 21.1. The molecule has 0 amide bonds. The van der Waals surface area contributed by atoms with Crippen LogP contribution < -0.4 is 18.9 Å². The fourth-order valence-electron chi connectivity index (χ4n) is 4.69. The minimum atomic E-state index is -0.429. The van der Waals surface area contributed by atoms with Gasteiger partial charge < -0.3 is 33.9 Å². The molecule has 0 spiro atoms. The third-order valence-electron chi connectivity index (χ3n) is 6.02. The molecule has 2 aliphatic heterocycles. The Morgan fingerprint density at radius 3 is 2.41 bits per heavy atom. The molecule has 1 fully saturated rings. The molecule has 152 valence electrons. The van der Waals surface area contributed by atoms with Gasteiger partial charge in [0, 0.05) is 17.4 Å². The lowest BCUT2D eigenvalue weighted by Crippen LogP contribution is -2.31. The molecule has 5 rings (SSSR count). The van der Waals surface area contributed by atoms with E-state index in [1.54, 1.807) is 12.1 Å². The molecule has 3 aliphatic rings. The van der Waals surface area contributed by atoms with Crippen molar-refractivity contribution in [3.63, 3.8) is 0 Å². The summed E-state index contributed by atoms with van der Waals surface area (Å²) in [5.41, 5.74) is 2.19. The second-order valence-electron chi connectivity index (χ2n) is 7.40. The highest BCUT2D eigenvalue weighted by molar-refractivity contribution is 5.79. The average molecular weight is 400 g/mol. The smallest absolute Gasteiger partial charge is 0.310 e. The van der Waals surface area contributed by atoms with Gasteiger partial charge in [0.2, 0.25) is 18.3 Å². The predicted octanol–water partition coefficient (Wildman–Crippen LogP) is 2.32. The number of esters is 1. The van der Waals surface area contributed by atoms with Crippen molar-refractivity contribution in [2.24, 2.45) is 11.8 Å². The van der Waals surface area contributed by atoms with E-state index < -0.39 is 11.8 Å². The summed E-state index contributed by atoms with van der Waals surface area (Å²) in [6, 6.07) is 5.18. The molecular formula is C21H20O8. The van der Waals surface area contributed by atoms with E-state index in [1.165, 1.54) is 14.2 Å². The van der Waals surface area contributed by atoms with Crippen molar-refractivity contribution in [2.75, 3.05) is 27.6 Å². The molecule has 3 atom stereocenters. The summed E-state index contributed by atoms with van der Waals surface area (Å²) in [4.78, 5) is 12.6. The van der Waals surface area contributed by atoms with E-state index >= 15 is 0 Å². The first kappa shape index (κ1) is 17.8. The lowest BCUT2D eigenvalue weighted by molar-refractivity contribution is -0.141. The number of ether oxygens (including phenoxy) is 5. The Labute approximate surface area is 166 Å². The van der Waals surface area contributed by atoms with E-state index in [2.05, 4.69) is 0 Å². The molecular weight excluding hydrogens is 380 g/mol. The van der Waals surface area contributed by atoms with E-state index in [-0.39, 0.29) is 41.7 Å².